The lowest BCUT2D eigenvalue weighted by Gasteiger charge is -2.18. The minimum Gasteiger partial charge on any atom is -0.434 e. The highest BCUT2D eigenvalue weighted by molar-refractivity contribution is 5.60. The van der Waals surface area contributed by atoms with Gasteiger partial charge in [-0.3, -0.25) is 0 Å². The van der Waals surface area contributed by atoms with Gasteiger partial charge in [-0.2, -0.15) is 0 Å². The van der Waals surface area contributed by atoms with Crippen LogP contribution in [0.1, 0.15) is 200 Å². The summed E-state index contributed by atoms with van der Waals surface area (Å²) in [4.78, 5) is 14.5. The van der Waals surface area contributed by atoms with E-state index >= 15 is 0 Å². The van der Waals surface area contributed by atoms with Crippen molar-refractivity contribution in [3.8, 4) is 0 Å². The second-order valence-corrected chi connectivity index (χ2v) is 13.7. The molecule has 0 aliphatic carbocycles. The number of nitrogens with zero attached hydrogens (tertiary/aromatic N) is 1. The number of carbonyl (C=O) groups is 1. The highest BCUT2D eigenvalue weighted by Crippen LogP contribution is 2.18. The largest absolute Gasteiger partial charge is 0.508 e. The van der Waals surface area contributed by atoms with Gasteiger partial charge < -0.3 is 14.4 Å². The molecule has 0 saturated heterocycles. The van der Waals surface area contributed by atoms with E-state index in [1.807, 2.05) is 14.1 Å². The predicted octanol–water partition coefficient (Wildman–Crippen LogP) is 13.5. The Morgan fingerprint density at radius 3 is 1.24 bits per heavy atom. The van der Waals surface area contributed by atoms with Crippen molar-refractivity contribution in [3.05, 3.63) is 24.3 Å². The van der Waals surface area contributed by atoms with Gasteiger partial charge in [-0.15, -0.1) is 0 Å². The molecule has 0 fully saturated rings. The first-order valence-corrected chi connectivity index (χ1v) is 19.9. The Balaban J connectivity index is 4.02. The topological polar surface area (TPSA) is 38.8 Å². The number of unbranched alkanes of at least 4 members (excludes halogenated alkanes) is 22. The molecule has 4 nitrogen and oxygen atoms in total. The van der Waals surface area contributed by atoms with Crippen molar-refractivity contribution in [3.63, 3.8) is 0 Å². The SMILES string of the molecule is CCCCCCCCC=CCCCCCCCC(CCCCCCCC=CCCCCCCCC)OC(=O)OCCCN(C)C. The average Bonchev–Trinajstić information content (AvgIpc) is 3.02. The zero-order valence-corrected chi connectivity index (χ0v) is 31.0. The Hall–Kier alpha value is -1.29. The molecule has 0 amide bonds. The van der Waals surface area contributed by atoms with Gasteiger partial charge >= 0.3 is 6.16 Å². The van der Waals surface area contributed by atoms with Gasteiger partial charge in [0.1, 0.15) is 6.10 Å². The van der Waals surface area contributed by atoms with Gasteiger partial charge in [0.2, 0.25) is 0 Å². The normalized spacial score (nSPS) is 12.6. The lowest BCUT2D eigenvalue weighted by Crippen LogP contribution is -2.21. The fourth-order valence-corrected chi connectivity index (χ4v) is 5.85. The van der Waals surface area contributed by atoms with E-state index in [1.165, 1.54) is 154 Å². The highest BCUT2D eigenvalue weighted by Gasteiger charge is 2.15. The van der Waals surface area contributed by atoms with Crippen LogP contribution in [-0.2, 0) is 9.47 Å². The molecule has 0 saturated carbocycles. The average molecular weight is 634 g/mol. The van der Waals surface area contributed by atoms with Crippen molar-refractivity contribution in [2.45, 2.75) is 206 Å². The van der Waals surface area contributed by atoms with Crippen LogP contribution in [0, 0.1) is 0 Å². The zero-order chi connectivity index (χ0) is 32.9. The van der Waals surface area contributed by atoms with Crippen molar-refractivity contribution in [1.82, 2.24) is 4.90 Å². The molecule has 45 heavy (non-hydrogen) atoms. The maximum Gasteiger partial charge on any atom is 0.508 e. The second-order valence-electron chi connectivity index (χ2n) is 13.7. The van der Waals surface area contributed by atoms with Gasteiger partial charge in [0.15, 0.2) is 0 Å². The van der Waals surface area contributed by atoms with Crippen molar-refractivity contribution in [2.24, 2.45) is 0 Å². The van der Waals surface area contributed by atoms with Crippen molar-refractivity contribution in [1.29, 1.82) is 0 Å². The number of hydrogen-bond donors (Lipinski definition) is 0. The first-order chi connectivity index (χ1) is 22.1. The minimum atomic E-state index is -0.473. The van der Waals surface area contributed by atoms with E-state index < -0.39 is 6.16 Å². The van der Waals surface area contributed by atoms with Crippen LogP contribution >= 0.6 is 0 Å². The molecule has 0 rings (SSSR count). The van der Waals surface area contributed by atoms with Gasteiger partial charge in [0.05, 0.1) is 6.61 Å². The molecule has 0 atom stereocenters. The number of allylic oxidation sites excluding steroid dienone is 4. The molecule has 0 spiro atoms. The monoisotopic (exact) mass is 634 g/mol. The zero-order valence-electron chi connectivity index (χ0n) is 31.0. The third-order valence-corrected chi connectivity index (χ3v) is 8.81. The molecule has 0 aliphatic heterocycles. The molecule has 0 aromatic carbocycles. The third kappa shape index (κ3) is 37.0. The molecule has 0 aromatic heterocycles. The van der Waals surface area contributed by atoms with Crippen LogP contribution in [0.4, 0.5) is 4.79 Å². The van der Waals surface area contributed by atoms with E-state index in [4.69, 9.17) is 9.47 Å². The van der Waals surface area contributed by atoms with E-state index in [0.29, 0.717) is 6.61 Å². The minimum absolute atomic E-state index is 0.00107. The maximum atomic E-state index is 12.3. The predicted molar refractivity (Wildman–Crippen MR) is 198 cm³/mol. The van der Waals surface area contributed by atoms with Crippen molar-refractivity contribution >= 4 is 6.16 Å². The standard InChI is InChI=1S/C41H79NO3/c1-5-7-9-11-13-15-17-19-21-23-25-27-29-31-33-36-40(45-41(43)44-39-35-38-42(3)4)37-34-32-30-28-26-24-22-20-18-16-14-12-10-8-6-2/h19-22,40H,5-18,23-39H2,1-4H3. The van der Waals surface area contributed by atoms with E-state index in [2.05, 4.69) is 43.1 Å². The highest BCUT2D eigenvalue weighted by atomic mass is 16.7. The van der Waals surface area contributed by atoms with Crippen LogP contribution in [0.25, 0.3) is 0 Å². The van der Waals surface area contributed by atoms with Gasteiger partial charge in [-0.05, 0) is 97.6 Å². The Labute approximate surface area is 282 Å². The van der Waals surface area contributed by atoms with Crippen LogP contribution in [0.2, 0.25) is 0 Å². The van der Waals surface area contributed by atoms with E-state index in [0.717, 1.165) is 38.6 Å². The summed E-state index contributed by atoms with van der Waals surface area (Å²) in [7, 11) is 4.08. The lowest BCUT2D eigenvalue weighted by molar-refractivity contribution is 0.0150. The maximum absolute atomic E-state index is 12.3. The summed E-state index contributed by atoms with van der Waals surface area (Å²) in [5.74, 6) is 0. The molecular formula is C41H79NO3. The Morgan fingerprint density at radius 1 is 0.511 bits per heavy atom. The fourth-order valence-electron chi connectivity index (χ4n) is 5.85. The van der Waals surface area contributed by atoms with E-state index in [9.17, 15) is 4.79 Å². The molecular weight excluding hydrogens is 554 g/mol. The number of ether oxygens (including phenoxy) is 2. The molecule has 266 valence electrons. The van der Waals surface area contributed by atoms with Crippen LogP contribution in [0.15, 0.2) is 24.3 Å². The van der Waals surface area contributed by atoms with Crippen molar-refractivity contribution in [2.75, 3.05) is 27.2 Å². The molecule has 0 heterocycles. The van der Waals surface area contributed by atoms with Crippen molar-refractivity contribution < 1.29 is 14.3 Å². The Morgan fingerprint density at radius 2 is 0.867 bits per heavy atom. The Bertz CT molecular complexity index is 605. The summed E-state index contributed by atoms with van der Waals surface area (Å²) in [6.07, 6.45) is 45.9. The van der Waals surface area contributed by atoms with E-state index in [1.54, 1.807) is 0 Å². The first kappa shape index (κ1) is 43.7. The van der Waals surface area contributed by atoms with Gasteiger partial charge in [-0.1, -0.05) is 141 Å². The summed E-state index contributed by atoms with van der Waals surface area (Å²) < 4.78 is 11.2. The third-order valence-electron chi connectivity index (χ3n) is 8.81. The fraction of sp³-hybridized carbons (Fsp3) is 0.878. The number of carbonyl (C=O) groups excluding carboxylic acids is 1. The first-order valence-electron chi connectivity index (χ1n) is 19.9. The summed E-state index contributed by atoms with van der Waals surface area (Å²) >= 11 is 0. The molecule has 0 aliphatic rings. The quantitative estimate of drug-likeness (QED) is 0.0395. The Kier molecular flexibility index (Phi) is 36.1. The van der Waals surface area contributed by atoms with Crippen LogP contribution in [0.5, 0.6) is 0 Å². The smallest absolute Gasteiger partial charge is 0.434 e. The van der Waals surface area contributed by atoms with Crippen LogP contribution in [0.3, 0.4) is 0 Å². The summed E-state index contributed by atoms with van der Waals surface area (Å²) in [6, 6.07) is 0. The number of hydrogen-bond acceptors (Lipinski definition) is 4. The van der Waals surface area contributed by atoms with Gasteiger partial charge in [-0.25, -0.2) is 4.79 Å². The molecule has 0 radical (unpaired) electrons. The molecule has 0 bridgehead atoms. The molecule has 4 heteroatoms. The van der Waals surface area contributed by atoms with Crippen LogP contribution < -0.4 is 0 Å². The number of rotatable bonds is 35. The summed E-state index contributed by atoms with van der Waals surface area (Å²) in [5, 5.41) is 0. The van der Waals surface area contributed by atoms with Gasteiger partial charge in [0.25, 0.3) is 0 Å². The molecule has 0 aromatic rings. The van der Waals surface area contributed by atoms with Crippen LogP contribution in [-0.4, -0.2) is 44.4 Å². The molecule has 0 unspecified atom stereocenters. The van der Waals surface area contributed by atoms with Gasteiger partial charge in [0, 0.05) is 6.54 Å². The second kappa shape index (κ2) is 37.2. The van der Waals surface area contributed by atoms with E-state index in [-0.39, 0.29) is 6.10 Å². The molecule has 0 N–H and O–H groups in total. The lowest BCUT2D eigenvalue weighted by atomic mass is 10.0. The summed E-state index contributed by atoms with van der Waals surface area (Å²) in [5.41, 5.74) is 0. The summed E-state index contributed by atoms with van der Waals surface area (Å²) in [6.45, 7) is 5.91.